The lowest BCUT2D eigenvalue weighted by Gasteiger charge is -2.56. The van der Waals surface area contributed by atoms with Crippen LogP contribution in [-0.4, -0.2) is 106 Å². The topological polar surface area (TPSA) is 120 Å². The molecule has 4 saturated heterocycles. The van der Waals surface area contributed by atoms with Crippen LogP contribution in [-0.2, 0) is 27.0 Å². The van der Waals surface area contributed by atoms with Gasteiger partial charge in [-0.1, -0.05) is 43.0 Å². The number of hydrogen-bond donors (Lipinski definition) is 1. The number of ether oxygens (including phenoxy) is 1. The number of nitrogens with one attached hydrogen (secondary N) is 1. The molecule has 344 valence electrons. The molecule has 7 aliphatic heterocycles. The van der Waals surface area contributed by atoms with E-state index in [0.717, 1.165) is 99.0 Å². The van der Waals surface area contributed by atoms with Crippen LogP contribution in [0.15, 0.2) is 53.3 Å². The van der Waals surface area contributed by atoms with Crippen LogP contribution >= 0.6 is 11.6 Å². The van der Waals surface area contributed by atoms with Gasteiger partial charge in [0.1, 0.15) is 17.6 Å². The van der Waals surface area contributed by atoms with Crippen molar-refractivity contribution in [2.24, 2.45) is 11.3 Å². The Morgan fingerprint density at radius 1 is 0.818 bits per heavy atom. The van der Waals surface area contributed by atoms with Crippen LogP contribution in [0.3, 0.4) is 0 Å². The number of halogens is 1. The van der Waals surface area contributed by atoms with Crippen molar-refractivity contribution in [2.75, 3.05) is 57.3 Å². The molecule has 3 spiro atoms. The molecular weight excluding hydrogens is 850 g/mol. The first-order valence-electron chi connectivity index (χ1n) is 25.1. The molecule has 12 nitrogen and oxygen atoms in total. The molecule has 1 N–H and O–H groups in total. The van der Waals surface area contributed by atoms with E-state index in [9.17, 15) is 19.2 Å². The Bertz CT molecular complexity index is 2750. The fraction of sp³-hybridized carbons (Fsp3) is 0.566. The summed E-state index contributed by atoms with van der Waals surface area (Å²) in [6.45, 7) is 9.08. The highest BCUT2D eigenvalue weighted by Crippen LogP contribution is 2.54. The van der Waals surface area contributed by atoms with Gasteiger partial charge >= 0.3 is 0 Å². The fourth-order valence-electron chi connectivity index (χ4n) is 14.7. The van der Waals surface area contributed by atoms with Crippen LogP contribution in [0.2, 0.25) is 5.02 Å². The number of anilines is 1. The lowest BCUT2D eigenvalue weighted by molar-refractivity contribution is -0.136. The number of nitrogens with zero attached hydrogens (tertiary/aromatic N) is 6. The third-order valence-corrected chi connectivity index (χ3v) is 18.7. The number of piperidine rings is 3. The summed E-state index contributed by atoms with van der Waals surface area (Å²) in [6.07, 6.45) is 16.0. The van der Waals surface area contributed by atoms with E-state index in [4.69, 9.17) is 21.3 Å². The molecule has 0 radical (unpaired) electrons. The molecule has 9 aliphatic rings. The van der Waals surface area contributed by atoms with E-state index in [1.165, 1.54) is 81.4 Å². The van der Waals surface area contributed by atoms with E-state index < -0.39 is 6.04 Å². The quantitative estimate of drug-likeness (QED) is 0.207. The molecule has 0 unspecified atom stereocenters. The fourth-order valence-corrected chi connectivity index (χ4v) is 15.0. The third kappa shape index (κ3) is 6.32. The van der Waals surface area contributed by atoms with Gasteiger partial charge in [0.05, 0.1) is 40.2 Å². The summed E-state index contributed by atoms with van der Waals surface area (Å²) in [5.74, 6) is 1.72. The normalized spacial score (nSPS) is 25.8. The maximum absolute atomic E-state index is 13.5. The highest BCUT2D eigenvalue weighted by Gasteiger charge is 2.51. The van der Waals surface area contributed by atoms with Crippen molar-refractivity contribution in [3.8, 4) is 11.4 Å². The minimum absolute atomic E-state index is 0.0239. The summed E-state index contributed by atoms with van der Waals surface area (Å²) < 4.78 is 8.72. The summed E-state index contributed by atoms with van der Waals surface area (Å²) in [5.41, 5.74) is 7.50. The summed E-state index contributed by atoms with van der Waals surface area (Å²) in [7, 11) is 0. The van der Waals surface area contributed by atoms with E-state index in [1.54, 1.807) is 11.0 Å². The van der Waals surface area contributed by atoms with Crippen molar-refractivity contribution in [2.45, 2.75) is 126 Å². The van der Waals surface area contributed by atoms with Gasteiger partial charge in [-0.2, -0.15) is 4.98 Å². The molecule has 3 aromatic carbocycles. The van der Waals surface area contributed by atoms with E-state index in [1.807, 2.05) is 18.2 Å². The standard InChI is InChI=1S/C53H60ClN7O5/c54-40-5-4-6-42-45(40)48(64)56-50-53(17-2-1-3-18-53)39-27-35(7-10-41(39)61(42)50)58-23-15-33(16-24-58)28-57-30-51(31-57)19-13-34(14-20-51)59-25-21-52(22-26-59)32-66-46-37-29-60(43-11-12-44(62)55-47(43)63)49(65)36(37)8-9-38(46)52/h4-10,27,33-34,43H,1-3,11-26,28-32H2,(H,55,62,63)/t43-/m0/s1. The number of carbonyl (C=O) groups excluding carboxylic acids is 3. The molecule has 6 fully saturated rings. The van der Waals surface area contributed by atoms with Crippen LogP contribution in [0.25, 0.3) is 16.6 Å². The molecule has 2 aliphatic carbocycles. The van der Waals surface area contributed by atoms with Crippen molar-refractivity contribution in [3.05, 3.63) is 92.0 Å². The molecule has 1 aromatic heterocycles. The Morgan fingerprint density at radius 3 is 2.38 bits per heavy atom. The van der Waals surface area contributed by atoms with E-state index >= 15 is 0 Å². The largest absolute Gasteiger partial charge is 0.492 e. The molecule has 1 atom stereocenters. The van der Waals surface area contributed by atoms with Gasteiger partial charge in [0.25, 0.3) is 11.5 Å². The van der Waals surface area contributed by atoms with Gasteiger partial charge in [-0.25, -0.2) is 0 Å². The first-order chi connectivity index (χ1) is 32.1. The number of amides is 3. The van der Waals surface area contributed by atoms with Gasteiger partial charge in [0, 0.05) is 73.0 Å². The number of aromatic nitrogens is 2. The molecule has 4 aromatic rings. The van der Waals surface area contributed by atoms with Crippen molar-refractivity contribution in [1.29, 1.82) is 0 Å². The van der Waals surface area contributed by atoms with Gasteiger partial charge < -0.3 is 24.3 Å². The number of carbonyl (C=O) groups is 3. The number of benzene rings is 3. The monoisotopic (exact) mass is 909 g/mol. The Kier molecular flexibility index (Phi) is 9.64. The molecule has 2 saturated carbocycles. The van der Waals surface area contributed by atoms with Crippen molar-refractivity contribution in [3.63, 3.8) is 0 Å². The van der Waals surface area contributed by atoms with Crippen LogP contribution < -0.4 is 20.5 Å². The van der Waals surface area contributed by atoms with Crippen LogP contribution in [0.1, 0.15) is 129 Å². The molecule has 3 amide bonds. The predicted octanol–water partition coefficient (Wildman–Crippen LogP) is 7.25. The average molecular weight is 911 g/mol. The minimum atomic E-state index is -0.617. The van der Waals surface area contributed by atoms with Crippen LogP contribution in [0, 0.1) is 11.3 Å². The molecule has 0 bridgehead atoms. The zero-order chi connectivity index (χ0) is 44.5. The Hall–Kier alpha value is -4.78. The highest BCUT2D eigenvalue weighted by molar-refractivity contribution is 6.35. The maximum atomic E-state index is 13.5. The number of fused-ring (bicyclic) bond motifs is 11. The number of likely N-dealkylation sites (tertiary alicyclic amines) is 2. The van der Waals surface area contributed by atoms with Crippen molar-refractivity contribution < 1.29 is 19.1 Å². The van der Waals surface area contributed by atoms with Gasteiger partial charge in [0.15, 0.2) is 0 Å². The second-order valence-electron chi connectivity index (χ2n) is 21.9. The highest BCUT2D eigenvalue weighted by atomic mass is 35.5. The Labute approximate surface area is 391 Å². The molecule has 13 rings (SSSR count). The SMILES string of the molecule is O=C1CC[C@H](N2Cc3c(ccc4c3OCC43CCN(C4CCC5(CC4)CN(CC4CCN(c6ccc7c(c6)C6(CCCCC6)c6nc(=O)c8c(Cl)cccc8n6-7)CC4)C5)CC3)C2=O)C(=O)N1. The predicted molar refractivity (Wildman–Crippen MR) is 253 cm³/mol. The van der Waals surface area contributed by atoms with Crippen molar-refractivity contribution in [1.82, 2.24) is 29.6 Å². The van der Waals surface area contributed by atoms with Gasteiger partial charge in [-0.05, 0) is 137 Å². The van der Waals surface area contributed by atoms with Gasteiger partial charge in [-0.15, -0.1) is 0 Å². The third-order valence-electron chi connectivity index (χ3n) is 18.4. The lowest BCUT2D eigenvalue weighted by Crippen LogP contribution is -2.60. The minimum Gasteiger partial charge on any atom is -0.492 e. The zero-order valence-corrected chi connectivity index (χ0v) is 38.7. The van der Waals surface area contributed by atoms with E-state index in [2.05, 4.69) is 48.8 Å². The average Bonchev–Trinajstić information content (AvgIpc) is 3.94. The summed E-state index contributed by atoms with van der Waals surface area (Å²) >= 11 is 6.60. The zero-order valence-electron chi connectivity index (χ0n) is 37.9. The second kappa shape index (κ2) is 15.4. The van der Waals surface area contributed by atoms with Gasteiger partial charge in [0.2, 0.25) is 11.8 Å². The summed E-state index contributed by atoms with van der Waals surface area (Å²) in [5, 5.41) is 3.40. The smallest absolute Gasteiger partial charge is 0.282 e. The molecule has 8 heterocycles. The molecular formula is C53H60ClN7O5. The van der Waals surface area contributed by atoms with Crippen LogP contribution in [0.4, 0.5) is 5.69 Å². The number of imide groups is 1. The molecule has 13 heteroatoms. The number of hydrogen-bond acceptors (Lipinski definition) is 9. The van der Waals surface area contributed by atoms with Gasteiger partial charge in [-0.3, -0.25) is 29.1 Å². The second-order valence-corrected chi connectivity index (χ2v) is 22.3. The Balaban J connectivity index is 0.600. The Morgan fingerprint density at radius 2 is 1.61 bits per heavy atom. The van der Waals surface area contributed by atoms with E-state index in [-0.39, 0.29) is 40.5 Å². The van der Waals surface area contributed by atoms with Crippen molar-refractivity contribution >= 4 is 45.9 Å². The maximum Gasteiger partial charge on any atom is 0.282 e. The van der Waals surface area contributed by atoms with Crippen LogP contribution in [0.5, 0.6) is 5.75 Å². The first-order valence-corrected chi connectivity index (χ1v) is 25.5. The summed E-state index contributed by atoms with van der Waals surface area (Å²) in [6, 6.07) is 16.9. The summed E-state index contributed by atoms with van der Waals surface area (Å²) in [4.78, 5) is 65.9. The number of rotatable bonds is 5. The first kappa shape index (κ1) is 41.4. The van der Waals surface area contributed by atoms with E-state index in [0.29, 0.717) is 47.0 Å². The lowest BCUT2D eigenvalue weighted by atomic mass is 9.66. The molecule has 66 heavy (non-hydrogen) atoms.